The number of nitrogens with zero attached hydrogens (tertiary/aromatic N) is 2. The molecule has 0 aromatic carbocycles. The van der Waals surface area contributed by atoms with Crippen molar-refractivity contribution in [3.8, 4) is 5.88 Å². The van der Waals surface area contributed by atoms with Gasteiger partial charge in [0, 0.05) is 16.3 Å². The number of nitrogens with one attached hydrogen (secondary N) is 1. The van der Waals surface area contributed by atoms with Gasteiger partial charge in [0.25, 0.3) is 0 Å². The standard InChI is InChI=1S/C8H8BrN3OS2/c1-13-7-2-5(15-12-7)3-10-8-11-6(9)4-14-8/h2,4H,3H2,1H3,(H,10,11). The van der Waals surface area contributed by atoms with E-state index in [1.54, 1.807) is 18.4 Å². The van der Waals surface area contributed by atoms with Gasteiger partial charge in [-0.2, -0.15) is 4.37 Å². The van der Waals surface area contributed by atoms with Gasteiger partial charge in [0.15, 0.2) is 5.13 Å². The van der Waals surface area contributed by atoms with Crippen LogP contribution in [0.5, 0.6) is 5.88 Å². The van der Waals surface area contributed by atoms with Crippen molar-refractivity contribution in [3.05, 3.63) is 20.9 Å². The molecule has 0 aliphatic carbocycles. The Balaban J connectivity index is 1.93. The summed E-state index contributed by atoms with van der Waals surface area (Å²) in [4.78, 5) is 5.35. The molecule has 2 heterocycles. The molecule has 7 heteroatoms. The Morgan fingerprint density at radius 1 is 1.60 bits per heavy atom. The van der Waals surface area contributed by atoms with E-state index < -0.39 is 0 Å². The van der Waals surface area contributed by atoms with Gasteiger partial charge in [0.2, 0.25) is 5.88 Å². The van der Waals surface area contributed by atoms with Crippen LogP contribution >= 0.6 is 38.8 Å². The van der Waals surface area contributed by atoms with Crippen LogP contribution in [0.1, 0.15) is 4.88 Å². The van der Waals surface area contributed by atoms with Gasteiger partial charge in [-0.25, -0.2) is 4.98 Å². The molecule has 0 aliphatic rings. The lowest BCUT2D eigenvalue weighted by molar-refractivity contribution is 0.402. The summed E-state index contributed by atoms with van der Waals surface area (Å²) in [6.45, 7) is 0.723. The molecule has 0 amide bonds. The summed E-state index contributed by atoms with van der Waals surface area (Å²) in [5, 5.41) is 6.05. The predicted octanol–water partition coefficient (Wildman–Crippen LogP) is 2.98. The van der Waals surface area contributed by atoms with Gasteiger partial charge in [0.05, 0.1) is 13.7 Å². The fraction of sp³-hybridized carbons (Fsp3) is 0.250. The number of halogens is 1. The minimum absolute atomic E-state index is 0.664. The molecule has 80 valence electrons. The van der Waals surface area contributed by atoms with Gasteiger partial charge < -0.3 is 10.1 Å². The number of thiazole rings is 1. The van der Waals surface area contributed by atoms with Crippen LogP contribution in [-0.2, 0) is 6.54 Å². The van der Waals surface area contributed by atoms with Crippen LogP contribution in [-0.4, -0.2) is 16.5 Å². The number of rotatable bonds is 4. The van der Waals surface area contributed by atoms with E-state index in [9.17, 15) is 0 Å². The third kappa shape index (κ3) is 2.90. The summed E-state index contributed by atoms with van der Waals surface area (Å²) in [5.41, 5.74) is 0. The Morgan fingerprint density at radius 2 is 2.47 bits per heavy atom. The number of hydrogen-bond acceptors (Lipinski definition) is 6. The van der Waals surface area contributed by atoms with Gasteiger partial charge in [-0.1, -0.05) is 0 Å². The average Bonchev–Trinajstić information content (AvgIpc) is 2.83. The van der Waals surface area contributed by atoms with E-state index in [2.05, 4.69) is 30.6 Å². The highest BCUT2D eigenvalue weighted by molar-refractivity contribution is 9.10. The minimum atomic E-state index is 0.664. The predicted molar refractivity (Wildman–Crippen MR) is 65.8 cm³/mol. The van der Waals surface area contributed by atoms with Crippen LogP contribution < -0.4 is 10.1 Å². The summed E-state index contributed by atoms with van der Waals surface area (Å²) in [5.74, 6) is 0.664. The topological polar surface area (TPSA) is 47.0 Å². The van der Waals surface area contributed by atoms with Crippen LogP contribution in [0.2, 0.25) is 0 Å². The molecular formula is C8H8BrN3OS2. The molecule has 0 fully saturated rings. The van der Waals surface area contributed by atoms with Crippen molar-refractivity contribution in [3.63, 3.8) is 0 Å². The molecule has 0 saturated heterocycles. The van der Waals surface area contributed by atoms with Crippen molar-refractivity contribution < 1.29 is 4.74 Å². The van der Waals surface area contributed by atoms with Crippen molar-refractivity contribution in [2.45, 2.75) is 6.54 Å². The summed E-state index contributed by atoms with van der Waals surface area (Å²) < 4.78 is 9.97. The zero-order valence-corrected chi connectivity index (χ0v) is 11.1. The summed E-state index contributed by atoms with van der Waals surface area (Å²) in [7, 11) is 1.62. The first-order valence-electron chi connectivity index (χ1n) is 4.12. The molecule has 0 atom stereocenters. The highest BCUT2D eigenvalue weighted by Crippen LogP contribution is 2.22. The number of ether oxygens (including phenoxy) is 1. The van der Waals surface area contributed by atoms with Gasteiger partial charge in [-0.3, -0.25) is 0 Å². The Morgan fingerprint density at radius 3 is 3.07 bits per heavy atom. The number of anilines is 1. The van der Waals surface area contributed by atoms with Crippen molar-refractivity contribution in [1.82, 2.24) is 9.36 Å². The molecule has 2 aromatic heterocycles. The van der Waals surface area contributed by atoms with Crippen molar-refractivity contribution in [1.29, 1.82) is 0 Å². The van der Waals surface area contributed by atoms with E-state index in [4.69, 9.17) is 4.74 Å². The fourth-order valence-electron chi connectivity index (χ4n) is 0.972. The smallest absolute Gasteiger partial charge is 0.225 e. The molecule has 15 heavy (non-hydrogen) atoms. The summed E-state index contributed by atoms with van der Waals surface area (Å²) >= 11 is 6.30. The molecule has 2 aromatic rings. The van der Waals surface area contributed by atoms with Crippen LogP contribution in [0.25, 0.3) is 0 Å². The maximum Gasteiger partial charge on any atom is 0.225 e. The van der Waals surface area contributed by atoms with E-state index in [-0.39, 0.29) is 0 Å². The third-order valence-electron chi connectivity index (χ3n) is 1.64. The van der Waals surface area contributed by atoms with E-state index in [0.29, 0.717) is 5.88 Å². The first kappa shape index (κ1) is 10.8. The van der Waals surface area contributed by atoms with Gasteiger partial charge in [0.1, 0.15) is 4.60 Å². The first-order valence-corrected chi connectivity index (χ1v) is 6.57. The van der Waals surface area contributed by atoms with E-state index in [0.717, 1.165) is 21.2 Å². The maximum atomic E-state index is 5.00. The third-order valence-corrected chi connectivity index (χ3v) is 3.91. The Bertz CT molecular complexity index is 443. The second kappa shape index (κ2) is 4.91. The van der Waals surface area contributed by atoms with Crippen LogP contribution in [0.15, 0.2) is 16.0 Å². The van der Waals surface area contributed by atoms with Crippen molar-refractivity contribution in [2.24, 2.45) is 0 Å². The number of hydrogen-bond donors (Lipinski definition) is 1. The number of methoxy groups -OCH3 is 1. The lowest BCUT2D eigenvalue weighted by Gasteiger charge is -1.97. The Kier molecular flexibility index (Phi) is 3.55. The van der Waals surface area contributed by atoms with Crippen molar-refractivity contribution in [2.75, 3.05) is 12.4 Å². The normalized spacial score (nSPS) is 10.3. The second-order valence-electron chi connectivity index (χ2n) is 2.66. The molecule has 0 saturated carbocycles. The van der Waals surface area contributed by atoms with E-state index >= 15 is 0 Å². The zero-order valence-electron chi connectivity index (χ0n) is 7.86. The molecular weight excluding hydrogens is 298 g/mol. The van der Waals surface area contributed by atoms with Gasteiger partial charge >= 0.3 is 0 Å². The van der Waals surface area contributed by atoms with Gasteiger partial charge in [-0.05, 0) is 27.5 Å². The summed E-state index contributed by atoms with van der Waals surface area (Å²) in [6.07, 6.45) is 0. The SMILES string of the molecule is COc1cc(CNc2nc(Br)cs2)sn1. The number of aromatic nitrogens is 2. The molecule has 0 spiro atoms. The van der Waals surface area contributed by atoms with Crippen LogP contribution in [0.4, 0.5) is 5.13 Å². The summed E-state index contributed by atoms with van der Waals surface area (Å²) in [6, 6.07) is 1.92. The molecule has 2 rings (SSSR count). The van der Waals surface area contributed by atoms with Gasteiger partial charge in [-0.15, -0.1) is 11.3 Å². The first-order chi connectivity index (χ1) is 7.28. The largest absolute Gasteiger partial charge is 0.480 e. The Labute approximate surface area is 104 Å². The van der Waals surface area contributed by atoms with E-state index in [1.807, 2.05) is 11.4 Å². The average molecular weight is 306 g/mol. The highest BCUT2D eigenvalue weighted by atomic mass is 79.9. The van der Waals surface area contributed by atoms with Crippen LogP contribution in [0, 0.1) is 0 Å². The molecule has 0 bridgehead atoms. The second-order valence-corrected chi connectivity index (χ2v) is 5.22. The lowest BCUT2D eigenvalue weighted by atomic mass is 10.5. The Hall–Kier alpha value is -0.660. The van der Waals surface area contributed by atoms with Crippen LogP contribution in [0.3, 0.4) is 0 Å². The molecule has 0 radical (unpaired) electrons. The maximum absolute atomic E-state index is 5.00. The molecule has 1 N–H and O–H groups in total. The zero-order chi connectivity index (χ0) is 10.7. The minimum Gasteiger partial charge on any atom is -0.480 e. The molecule has 4 nitrogen and oxygen atoms in total. The van der Waals surface area contributed by atoms with Crippen molar-refractivity contribution >= 4 is 43.9 Å². The molecule has 0 unspecified atom stereocenters. The quantitative estimate of drug-likeness (QED) is 0.943. The monoisotopic (exact) mass is 305 g/mol. The lowest BCUT2D eigenvalue weighted by Crippen LogP contribution is -1.96. The highest BCUT2D eigenvalue weighted by Gasteiger charge is 2.03. The fourth-order valence-corrected chi connectivity index (χ4v) is 2.74. The molecule has 0 aliphatic heterocycles. The van der Waals surface area contributed by atoms with E-state index in [1.165, 1.54) is 11.5 Å².